The maximum Gasteiger partial charge on any atom is 0.335 e. The number of hydrogen-bond donors (Lipinski definition) is 4. The van der Waals surface area contributed by atoms with Gasteiger partial charge in [0, 0.05) is 28.6 Å². The molecule has 1 heterocycles. The fourth-order valence-corrected chi connectivity index (χ4v) is 4.83. The summed E-state index contributed by atoms with van der Waals surface area (Å²) in [6.07, 6.45) is 0. The first-order valence-corrected chi connectivity index (χ1v) is 11.9. The summed E-state index contributed by atoms with van der Waals surface area (Å²) in [7, 11) is -3.81. The lowest BCUT2D eigenvalue weighted by Crippen LogP contribution is -2.27. The highest BCUT2D eigenvalue weighted by Crippen LogP contribution is 2.32. The molecule has 0 saturated heterocycles. The first-order valence-electron chi connectivity index (χ1n) is 10.4. The zero-order valence-corrected chi connectivity index (χ0v) is 19.0. The summed E-state index contributed by atoms with van der Waals surface area (Å²) in [5.74, 6) is -0.529. The number of nitrogens with one attached hydrogen (secondary N) is 2. The predicted molar refractivity (Wildman–Crippen MR) is 129 cm³/mol. The summed E-state index contributed by atoms with van der Waals surface area (Å²) in [5.41, 5.74) is 2.48. The number of benzene rings is 3. The Morgan fingerprint density at radius 3 is 2.35 bits per heavy atom. The van der Waals surface area contributed by atoms with Crippen LogP contribution in [0.25, 0.3) is 22.0 Å². The van der Waals surface area contributed by atoms with Crippen molar-refractivity contribution in [3.63, 3.8) is 0 Å². The predicted octanol–water partition coefficient (Wildman–Crippen LogP) is 3.32. The van der Waals surface area contributed by atoms with E-state index >= 15 is 0 Å². The molecule has 3 aromatic carbocycles. The van der Waals surface area contributed by atoms with Crippen LogP contribution in [0.1, 0.15) is 15.9 Å². The minimum Gasteiger partial charge on any atom is -0.478 e. The minimum absolute atomic E-state index is 0.0808. The summed E-state index contributed by atoms with van der Waals surface area (Å²) in [4.78, 5) is 11.2. The average Bonchev–Trinajstić information content (AvgIpc) is 2.84. The number of aryl methyl sites for hydroxylation is 1. The standard InChI is InChI=1S/C24H22N4O5S/c1-15-6-7-17(14-21(15)34(32,33)25-12-13-29)22-19-4-2-3-5-20(19)23(28-27-22)26-18-10-8-16(9-11-18)24(30)31/h2-11,14,25,29H,12-13H2,1H3,(H,26,28)(H,30,31). The van der Waals surface area contributed by atoms with Crippen LogP contribution in [-0.4, -0.2) is 47.9 Å². The van der Waals surface area contributed by atoms with Crippen LogP contribution in [0, 0.1) is 6.92 Å². The zero-order chi connectivity index (χ0) is 24.3. The monoisotopic (exact) mass is 478 g/mol. The van der Waals surface area contributed by atoms with E-state index in [1.165, 1.54) is 12.1 Å². The van der Waals surface area contributed by atoms with Crippen molar-refractivity contribution < 1.29 is 23.4 Å². The van der Waals surface area contributed by atoms with Crippen molar-refractivity contribution in [2.24, 2.45) is 0 Å². The molecular weight excluding hydrogens is 456 g/mol. The lowest BCUT2D eigenvalue weighted by atomic mass is 10.0. The number of hydrogen-bond acceptors (Lipinski definition) is 7. The van der Waals surface area contributed by atoms with E-state index in [-0.39, 0.29) is 23.6 Å². The van der Waals surface area contributed by atoms with Crippen molar-refractivity contribution in [1.29, 1.82) is 0 Å². The molecule has 4 N–H and O–H groups in total. The highest BCUT2D eigenvalue weighted by Gasteiger charge is 2.19. The number of carboxylic acid groups (broad SMARTS) is 1. The molecule has 0 spiro atoms. The molecule has 0 aliphatic heterocycles. The Bertz CT molecular complexity index is 1470. The Balaban J connectivity index is 1.76. The first-order chi connectivity index (χ1) is 16.3. The molecule has 0 amide bonds. The third-order valence-electron chi connectivity index (χ3n) is 5.24. The second-order valence-corrected chi connectivity index (χ2v) is 9.29. The number of aliphatic hydroxyl groups excluding tert-OH is 1. The third-order valence-corrected chi connectivity index (χ3v) is 6.84. The molecular formula is C24H22N4O5S. The summed E-state index contributed by atoms with van der Waals surface area (Å²) < 4.78 is 27.7. The average molecular weight is 479 g/mol. The number of aliphatic hydroxyl groups is 1. The molecule has 0 unspecified atom stereocenters. The lowest BCUT2D eigenvalue weighted by Gasteiger charge is -2.13. The number of aromatic nitrogens is 2. The quantitative estimate of drug-likeness (QED) is 0.302. The van der Waals surface area contributed by atoms with Gasteiger partial charge in [0.25, 0.3) is 0 Å². The molecule has 0 aliphatic rings. The molecule has 0 fully saturated rings. The van der Waals surface area contributed by atoms with Crippen LogP contribution >= 0.6 is 0 Å². The van der Waals surface area contributed by atoms with E-state index in [4.69, 9.17) is 10.2 Å². The summed E-state index contributed by atoms with van der Waals surface area (Å²) >= 11 is 0. The number of aromatic carboxylic acids is 1. The van der Waals surface area contributed by atoms with E-state index in [0.29, 0.717) is 28.3 Å². The van der Waals surface area contributed by atoms with Crippen LogP contribution in [0.4, 0.5) is 11.5 Å². The van der Waals surface area contributed by atoms with E-state index in [0.717, 1.165) is 10.8 Å². The molecule has 34 heavy (non-hydrogen) atoms. The van der Waals surface area contributed by atoms with Gasteiger partial charge in [-0.1, -0.05) is 36.4 Å². The Labute approximate surface area is 196 Å². The summed E-state index contributed by atoms with van der Waals surface area (Å²) in [6, 6.07) is 18.8. The Morgan fingerprint density at radius 1 is 0.971 bits per heavy atom. The SMILES string of the molecule is Cc1ccc(-c2nnc(Nc3ccc(C(=O)O)cc3)c3ccccc23)cc1S(=O)(=O)NCCO. The Kier molecular flexibility index (Phi) is 6.55. The number of carbonyl (C=O) groups is 1. The van der Waals surface area contributed by atoms with Crippen molar-refractivity contribution in [1.82, 2.24) is 14.9 Å². The number of carboxylic acids is 1. The largest absolute Gasteiger partial charge is 0.478 e. The van der Waals surface area contributed by atoms with Gasteiger partial charge in [0.2, 0.25) is 10.0 Å². The number of rotatable bonds is 8. The van der Waals surface area contributed by atoms with E-state index in [9.17, 15) is 13.2 Å². The van der Waals surface area contributed by atoms with Gasteiger partial charge in [0.1, 0.15) is 5.69 Å². The molecule has 0 bridgehead atoms. The molecule has 4 rings (SSSR count). The van der Waals surface area contributed by atoms with Crippen LogP contribution in [0.3, 0.4) is 0 Å². The third kappa shape index (κ3) is 4.74. The maximum atomic E-state index is 12.7. The summed E-state index contributed by atoms with van der Waals surface area (Å²) in [6.45, 7) is 1.31. The Morgan fingerprint density at radius 2 is 1.68 bits per heavy atom. The van der Waals surface area contributed by atoms with E-state index < -0.39 is 16.0 Å². The van der Waals surface area contributed by atoms with Crippen LogP contribution in [-0.2, 0) is 10.0 Å². The van der Waals surface area contributed by atoms with Crippen molar-refractivity contribution in [2.75, 3.05) is 18.5 Å². The topological polar surface area (TPSA) is 142 Å². The van der Waals surface area contributed by atoms with Gasteiger partial charge in [-0.3, -0.25) is 0 Å². The van der Waals surface area contributed by atoms with Crippen molar-refractivity contribution >= 4 is 38.3 Å². The van der Waals surface area contributed by atoms with Gasteiger partial charge in [-0.25, -0.2) is 17.9 Å². The fourth-order valence-electron chi connectivity index (χ4n) is 3.54. The van der Waals surface area contributed by atoms with Crippen LogP contribution in [0.15, 0.2) is 71.6 Å². The van der Waals surface area contributed by atoms with Gasteiger partial charge in [-0.2, -0.15) is 0 Å². The van der Waals surface area contributed by atoms with Gasteiger partial charge in [-0.15, -0.1) is 10.2 Å². The molecule has 0 radical (unpaired) electrons. The number of anilines is 2. The molecule has 0 aliphatic carbocycles. The number of nitrogens with zero attached hydrogens (tertiary/aromatic N) is 2. The van der Waals surface area contributed by atoms with Crippen LogP contribution in [0.2, 0.25) is 0 Å². The highest BCUT2D eigenvalue weighted by atomic mass is 32.2. The van der Waals surface area contributed by atoms with E-state index in [1.54, 1.807) is 37.3 Å². The highest BCUT2D eigenvalue weighted by molar-refractivity contribution is 7.89. The van der Waals surface area contributed by atoms with Crippen LogP contribution in [0.5, 0.6) is 0 Å². The van der Waals surface area contributed by atoms with E-state index in [2.05, 4.69) is 20.2 Å². The smallest absolute Gasteiger partial charge is 0.335 e. The molecule has 10 heteroatoms. The Hall–Kier alpha value is -3.86. The second kappa shape index (κ2) is 9.56. The molecule has 4 aromatic rings. The van der Waals surface area contributed by atoms with Crippen molar-refractivity contribution in [3.05, 3.63) is 77.9 Å². The fraction of sp³-hybridized carbons (Fsp3) is 0.125. The van der Waals surface area contributed by atoms with Gasteiger partial charge in [0.05, 0.1) is 17.1 Å². The van der Waals surface area contributed by atoms with Gasteiger partial charge in [-0.05, 0) is 42.8 Å². The maximum absolute atomic E-state index is 12.7. The first kappa shape index (κ1) is 23.3. The minimum atomic E-state index is -3.81. The molecule has 174 valence electrons. The number of fused-ring (bicyclic) bond motifs is 1. The summed E-state index contributed by atoms with van der Waals surface area (Å²) in [5, 5.41) is 31.5. The van der Waals surface area contributed by atoms with Crippen molar-refractivity contribution in [2.45, 2.75) is 11.8 Å². The molecule has 9 nitrogen and oxygen atoms in total. The zero-order valence-electron chi connectivity index (χ0n) is 18.2. The van der Waals surface area contributed by atoms with Gasteiger partial charge < -0.3 is 15.5 Å². The molecule has 1 aromatic heterocycles. The lowest BCUT2D eigenvalue weighted by molar-refractivity contribution is 0.0697. The second-order valence-electron chi connectivity index (χ2n) is 7.55. The molecule has 0 atom stereocenters. The number of sulfonamides is 1. The van der Waals surface area contributed by atoms with Crippen LogP contribution < -0.4 is 10.0 Å². The molecule has 0 saturated carbocycles. The van der Waals surface area contributed by atoms with Crippen molar-refractivity contribution in [3.8, 4) is 11.3 Å². The van der Waals surface area contributed by atoms with Gasteiger partial charge in [0.15, 0.2) is 5.82 Å². The normalized spacial score (nSPS) is 11.5. The van der Waals surface area contributed by atoms with E-state index in [1.807, 2.05) is 24.3 Å². The van der Waals surface area contributed by atoms with Gasteiger partial charge >= 0.3 is 5.97 Å².